The highest BCUT2D eigenvalue weighted by Gasteiger charge is 2.56. The molecule has 3 saturated carbocycles. The fourth-order valence-electron chi connectivity index (χ4n) is 8.18. The summed E-state index contributed by atoms with van der Waals surface area (Å²) in [4.78, 5) is 0. The maximum Gasteiger partial charge on any atom is 0.146 e. The molecule has 0 N–H and O–H groups in total. The SMILES string of the molecule is C=C(C)CCC[C@@H](C)[C@H]1CC[C@H]2C3=CC=C4C[C@@H](OCOC)CC[C@]4(C)[C@H]3CC[C@]12C. The quantitative estimate of drug-likeness (QED) is 0.290. The molecule has 0 spiro atoms. The van der Waals surface area contributed by atoms with Gasteiger partial charge in [-0.2, -0.15) is 0 Å². The molecule has 31 heavy (non-hydrogen) atoms. The lowest BCUT2D eigenvalue weighted by Gasteiger charge is -2.55. The summed E-state index contributed by atoms with van der Waals surface area (Å²) in [6, 6.07) is 0. The molecular formula is C29H46O2. The summed E-state index contributed by atoms with van der Waals surface area (Å²) in [5.41, 5.74) is 5.65. The van der Waals surface area contributed by atoms with Crippen molar-refractivity contribution in [2.24, 2.45) is 34.5 Å². The number of ether oxygens (including phenoxy) is 2. The molecule has 0 heterocycles. The molecule has 4 aliphatic carbocycles. The lowest BCUT2D eigenvalue weighted by Crippen LogP contribution is -2.46. The second-order valence-electron chi connectivity index (χ2n) is 11.9. The Morgan fingerprint density at radius 2 is 1.94 bits per heavy atom. The van der Waals surface area contributed by atoms with Gasteiger partial charge in [0.05, 0.1) is 6.10 Å². The molecular weight excluding hydrogens is 380 g/mol. The Morgan fingerprint density at radius 1 is 1.13 bits per heavy atom. The van der Waals surface area contributed by atoms with Crippen LogP contribution in [-0.2, 0) is 9.47 Å². The van der Waals surface area contributed by atoms with E-state index in [1.54, 1.807) is 12.7 Å². The Hall–Kier alpha value is -0.860. The van der Waals surface area contributed by atoms with Crippen molar-refractivity contribution in [3.63, 3.8) is 0 Å². The van der Waals surface area contributed by atoms with Crippen LogP contribution in [0.25, 0.3) is 0 Å². The van der Waals surface area contributed by atoms with Crippen LogP contribution < -0.4 is 0 Å². The van der Waals surface area contributed by atoms with Crippen molar-refractivity contribution in [3.8, 4) is 0 Å². The average molecular weight is 427 g/mol. The van der Waals surface area contributed by atoms with Crippen LogP contribution in [0.4, 0.5) is 0 Å². The summed E-state index contributed by atoms with van der Waals surface area (Å²) in [5.74, 6) is 3.29. The molecule has 0 saturated heterocycles. The minimum atomic E-state index is 0.332. The van der Waals surface area contributed by atoms with Crippen molar-refractivity contribution in [1.29, 1.82) is 0 Å². The summed E-state index contributed by atoms with van der Waals surface area (Å²) in [6.07, 6.45) is 18.4. The van der Waals surface area contributed by atoms with Gasteiger partial charge < -0.3 is 9.47 Å². The number of allylic oxidation sites excluding steroid dienone is 4. The van der Waals surface area contributed by atoms with Crippen LogP contribution >= 0.6 is 0 Å². The van der Waals surface area contributed by atoms with Gasteiger partial charge in [-0.15, -0.1) is 6.58 Å². The van der Waals surface area contributed by atoms with Crippen LogP contribution in [0.15, 0.2) is 35.5 Å². The normalized spacial score (nSPS) is 40.3. The molecule has 2 nitrogen and oxygen atoms in total. The molecule has 0 bridgehead atoms. The van der Waals surface area contributed by atoms with Crippen molar-refractivity contribution >= 4 is 0 Å². The lowest BCUT2D eigenvalue weighted by atomic mass is 9.50. The monoisotopic (exact) mass is 426 g/mol. The minimum absolute atomic E-state index is 0.332. The zero-order valence-corrected chi connectivity index (χ0v) is 20.8. The summed E-state index contributed by atoms with van der Waals surface area (Å²) in [6.45, 7) is 14.5. The van der Waals surface area contributed by atoms with E-state index in [4.69, 9.17) is 9.47 Å². The first-order valence-electron chi connectivity index (χ1n) is 13.0. The fraction of sp³-hybridized carbons (Fsp3) is 0.793. The molecule has 0 amide bonds. The van der Waals surface area contributed by atoms with E-state index in [9.17, 15) is 0 Å². The van der Waals surface area contributed by atoms with Crippen molar-refractivity contribution in [2.75, 3.05) is 13.9 Å². The van der Waals surface area contributed by atoms with Gasteiger partial charge in [0.2, 0.25) is 0 Å². The standard InChI is InChI=1S/C29H46O2/c1-20(2)8-7-9-21(3)25-12-13-26-24-11-10-22-18-23(31-19-30-6)14-16-28(22,4)27(24)15-17-29(25,26)5/h10-11,21,23,25-27H,1,7-9,12-19H2,2-6H3/t21-,23+,25-,26+,27+,28+,29-/m1/s1. The molecule has 174 valence electrons. The van der Waals surface area contributed by atoms with Crippen molar-refractivity contribution in [3.05, 3.63) is 35.5 Å². The van der Waals surface area contributed by atoms with E-state index >= 15 is 0 Å². The summed E-state index contributed by atoms with van der Waals surface area (Å²) < 4.78 is 11.1. The van der Waals surface area contributed by atoms with E-state index in [-0.39, 0.29) is 0 Å². The van der Waals surface area contributed by atoms with Crippen molar-refractivity contribution in [1.82, 2.24) is 0 Å². The Morgan fingerprint density at radius 3 is 2.68 bits per heavy atom. The predicted octanol–water partition coefficient (Wildman–Crippen LogP) is 7.86. The maximum absolute atomic E-state index is 5.95. The zero-order chi connectivity index (χ0) is 22.2. The Kier molecular flexibility index (Phi) is 6.90. The van der Waals surface area contributed by atoms with E-state index in [2.05, 4.69) is 46.4 Å². The van der Waals surface area contributed by atoms with Gasteiger partial charge in [0.25, 0.3) is 0 Å². The second kappa shape index (κ2) is 9.18. The first-order chi connectivity index (χ1) is 14.8. The van der Waals surface area contributed by atoms with Gasteiger partial charge in [-0.1, -0.05) is 56.1 Å². The topological polar surface area (TPSA) is 18.5 Å². The Labute approximate surface area is 191 Å². The number of rotatable bonds is 8. The molecule has 2 heteroatoms. The highest BCUT2D eigenvalue weighted by atomic mass is 16.7. The molecule has 0 aromatic carbocycles. The third-order valence-corrected chi connectivity index (χ3v) is 9.97. The van der Waals surface area contributed by atoms with Crippen molar-refractivity contribution in [2.45, 2.75) is 98.0 Å². The van der Waals surface area contributed by atoms with Crippen molar-refractivity contribution < 1.29 is 9.47 Å². The molecule has 0 aromatic rings. The first kappa shape index (κ1) is 23.3. The third-order valence-electron chi connectivity index (χ3n) is 9.97. The summed E-state index contributed by atoms with van der Waals surface area (Å²) >= 11 is 0. The Balaban J connectivity index is 1.49. The first-order valence-corrected chi connectivity index (χ1v) is 13.0. The van der Waals surface area contributed by atoms with E-state index in [0.717, 1.165) is 30.1 Å². The van der Waals surface area contributed by atoms with Gasteiger partial charge in [0, 0.05) is 7.11 Å². The number of hydrogen-bond acceptors (Lipinski definition) is 2. The Bertz CT molecular complexity index is 733. The molecule has 0 aromatic heterocycles. The molecule has 0 aliphatic heterocycles. The fourth-order valence-corrected chi connectivity index (χ4v) is 8.18. The number of hydrogen-bond donors (Lipinski definition) is 0. The van der Waals surface area contributed by atoms with E-state index in [1.165, 1.54) is 63.4 Å². The number of methoxy groups -OCH3 is 1. The van der Waals surface area contributed by atoms with Gasteiger partial charge in [0.15, 0.2) is 0 Å². The van der Waals surface area contributed by atoms with Gasteiger partial charge in [0.1, 0.15) is 6.79 Å². The molecule has 4 rings (SSSR count). The average Bonchev–Trinajstić information content (AvgIpc) is 3.09. The maximum atomic E-state index is 5.95. The van der Waals surface area contributed by atoms with Gasteiger partial charge >= 0.3 is 0 Å². The van der Waals surface area contributed by atoms with Gasteiger partial charge in [-0.05, 0) is 99.2 Å². The largest absolute Gasteiger partial charge is 0.359 e. The lowest BCUT2D eigenvalue weighted by molar-refractivity contribution is -0.0865. The second-order valence-corrected chi connectivity index (χ2v) is 11.9. The predicted molar refractivity (Wildman–Crippen MR) is 130 cm³/mol. The molecule has 3 fully saturated rings. The van der Waals surface area contributed by atoms with E-state index in [0.29, 0.717) is 23.7 Å². The van der Waals surface area contributed by atoms with Crippen LogP contribution in [0.5, 0.6) is 0 Å². The van der Waals surface area contributed by atoms with Gasteiger partial charge in [-0.25, -0.2) is 0 Å². The smallest absolute Gasteiger partial charge is 0.146 e. The van der Waals surface area contributed by atoms with Gasteiger partial charge in [-0.3, -0.25) is 0 Å². The highest BCUT2D eigenvalue weighted by molar-refractivity contribution is 5.38. The van der Waals surface area contributed by atoms with E-state index < -0.39 is 0 Å². The highest BCUT2D eigenvalue weighted by Crippen LogP contribution is 2.66. The van der Waals surface area contributed by atoms with Crippen LogP contribution in [-0.4, -0.2) is 20.0 Å². The molecule has 0 radical (unpaired) electrons. The third kappa shape index (κ3) is 4.24. The minimum Gasteiger partial charge on any atom is -0.359 e. The molecule has 7 atom stereocenters. The van der Waals surface area contributed by atoms with Crippen LogP contribution in [0.1, 0.15) is 91.9 Å². The van der Waals surface area contributed by atoms with E-state index in [1.807, 2.05) is 5.57 Å². The summed E-state index contributed by atoms with van der Waals surface area (Å²) in [5, 5.41) is 0. The molecule has 4 aliphatic rings. The van der Waals surface area contributed by atoms with Crippen LogP contribution in [0.2, 0.25) is 0 Å². The van der Waals surface area contributed by atoms with Crippen LogP contribution in [0.3, 0.4) is 0 Å². The molecule has 0 unspecified atom stereocenters. The number of fused-ring (bicyclic) bond motifs is 5. The summed E-state index contributed by atoms with van der Waals surface area (Å²) in [7, 11) is 1.72. The zero-order valence-electron chi connectivity index (χ0n) is 20.8. The van der Waals surface area contributed by atoms with Crippen LogP contribution in [0, 0.1) is 34.5 Å².